The van der Waals surface area contributed by atoms with Crippen molar-refractivity contribution in [1.29, 1.82) is 0 Å². The second kappa shape index (κ2) is 5.72. The van der Waals surface area contributed by atoms with Gasteiger partial charge in [-0.05, 0) is 31.2 Å². The van der Waals surface area contributed by atoms with E-state index in [1.165, 1.54) is 6.92 Å². The van der Waals surface area contributed by atoms with Gasteiger partial charge < -0.3 is 15.1 Å². The lowest BCUT2D eigenvalue weighted by atomic mass is 10.3. The molecule has 0 radical (unpaired) electrons. The number of hydroxylamine groups is 1. The highest BCUT2D eigenvalue weighted by Crippen LogP contribution is 2.17. The average molecular weight is 222 g/mol. The number of amidine groups is 1. The first kappa shape index (κ1) is 12.0. The summed E-state index contributed by atoms with van der Waals surface area (Å²) in [5.74, 6) is 0.715. The quantitative estimate of drug-likeness (QED) is 0.462. The summed E-state index contributed by atoms with van der Waals surface area (Å²) in [6.45, 7) is 1.44. The fourth-order valence-electron chi connectivity index (χ4n) is 1.02. The van der Waals surface area contributed by atoms with Crippen molar-refractivity contribution >= 4 is 17.2 Å². The van der Waals surface area contributed by atoms with E-state index in [-0.39, 0.29) is 11.5 Å². The fraction of sp³-hybridized carbons (Fsp3) is 0.200. The van der Waals surface area contributed by atoms with Gasteiger partial charge in [0.05, 0.1) is 18.5 Å². The van der Waals surface area contributed by atoms with Crippen LogP contribution in [0.3, 0.4) is 0 Å². The summed E-state index contributed by atoms with van der Waals surface area (Å²) in [5.41, 5.74) is 2.46. The molecule has 0 fully saturated rings. The predicted octanol–water partition coefficient (Wildman–Crippen LogP) is 1.66. The maximum absolute atomic E-state index is 10.3. The molecule has 0 saturated heterocycles. The molecule has 2 N–H and O–H groups in total. The van der Waals surface area contributed by atoms with Gasteiger partial charge in [-0.1, -0.05) is 0 Å². The van der Waals surface area contributed by atoms with Crippen molar-refractivity contribution in [2.24, 2.45) is 10.1 Å². The molecule has 6 nitrogen and oxygen atoms in total. The molecule has 0 aliphatic carbocycles. The SMILES string of the molecule is COc1ccc(N=C(NO)/C(C)=N/[O-])cc1. The van der Waals surface area contributed by atoms with Crippen molar-refractivity contribution in [1.82, 2.24) is 5.48 Å². The highest BCUT2D eigenvalue weighted by Gasteiger charge is 2.00. The number of nitrogens with one attached hydrogen (secondary N) is 1. The van der Waals surface area contributed by atoms with Crippen LogP contribution >= 0.6 is 0 Å². The highest BCUT2D eigenvalue weighted by atomic mass is 16.5. The molecule has 0 bridgehead atoms. The zero-order valence-corrected chi connectivity index (χ0v) is 8.97. The summed E-state index contributed by atoms with van der Waals surface area (Å²) >= 11 is 0. The molecule has 0 aliphatic heterocycles. The van der Waals surface area contributed by atoms with Crippen molar-refractivity contribution in [2.75, 3.05) is 7.11 Å². The van der Waals surface area contributed by atoms with E-state index in [2.05, 4.69) is 10.1 Å². The Bertz CT molecular complexity index is 398. The van der Waals surface area contributed by atoms with Gasteiger partial charge in [-0.2, -0.15) is 0 Å². The van der Waals surface area contributed by atoms with Crippen LogP contribution in [-0.2, 0) is 0 Å². The molecule has 0 aliphatic rings. The van der Waals surface area contributed by atoms with Gasteiger partial charge in [0.1, 0.15) is 5.75 Å². The summed E-state index contributed by atoms with van der Waals surface area (Å²) < 4.78 is 4.98. The standard InChI is InChI=1S/C10H13N3O3/c1-7(12-14)10(13-15)11-8-3-5-9(16-2)6-4-8/h3-6,14-15H,1-2H3,(H,11,13)/p-1/b12-7+. The van der Waals surface area contributed by atoms with Gasteiger partial charge in [-0.25, -0.2) is 4.99 Å². The molecule has 86 valence electrons. The maximum atomic E-state index is 10.3. The zero-order valence-electron chi connectivity index (χ0n) is 8.97. The molecule has 0 atom stereocenters. The van der Waals surface area contributed by atoms with Crippen LogP contribution in [0.2, 0.25) is 0 Å². The minimum absolute atomic E-state index is 0.0140. The maximum Gasteiger partial charge on any atom is 0.170 e. The van der Waals surface area contributed by atoms with E-state index in [1.54, 1.807) is 31.4 Å². The first-order valence-corrected chi connectivity index (χ1v) is 4.51. The number of nitrogens with zero attached hydrogens (tertiary/aromatic N) is 2. The second-order valence-electron chi connectivity index (χ2n) is 2.95. The Kier molecular flexibility index (Phi) is 4.28. The molecule has 0 spiro atoms. The van der Waals surface area contributed by atoms with E-state index >= 15 is 0 Å². The van der Waals surface area contributed by atoms with Crippen LogP contribution in [0.25, 0.3) is 0 Å². The molecule has 1 aromatic carbocycles. The van der Waals surface area contributed by atoms with Gasteiger partial charge in [0.15, 0.2) is 5.84 Å². The number of benzene rings is 1. The number of methoxy groups -OCH3 is 1. The summed E-state index contributed by atoms with van der Waals surface area (Å²) in [7, 11) is 1.56. The van der Waals surface area contributed by atoms with Crippen LogP contribution in [0.5, 0.6) is 5.75 Å². The molecule has 1 aromatic rings. The summed E-state index contributed by atoms with van der Waals surface area (Å²) in [6, 6.07) is 6.82. The second-order valence-corrected chi connectivity index (χ2v) is 2.95. The number of ether oxygens (including phenoxy) is 1. The van der Waals surface area contributed by atoms with Crippen molar-refractivity contribution in [3.8, 4) is 5.75 Å². The van der Waals surface area contributed by atoms with Gasteiger partial charge in [0.2, 0.25) is 0 Å². The number of aliphatic imine (C=N–C) groups is 1. The Morgan fingerprint density at radius 1 is 1.38 bits per heavy atom. The van der Waals surface area contributed by atoms with Crippen LogP contribution in [-0.4, -0.2) is 23.9 Å². The van der Waals surface area contributed by atoms with Gasteiger partial charge in [-0.15, -0.1) is 0 Å². The van der Waals surface area contributed by atoms with E-state index in [1.807, 2.05) is 5.48 Å². The van der Waals surface area contributed by atoms with Crippen LogP contribution in [0.15, 0.2) is 34.4 Å². The van der Waals surface area contributed by atoms with Crippen LogP contribution < -0.4 is 10.2 Å². The molecular formula is C10H12N3O3-. The van der Waals surface area contributed by atoms with E-state index in [9.17, 15) is 5.21 Å². The molecule has 1 rings (SSSR count). The number of hydrogen-bond donors (Lipinski definition) is 2. The normalized spacial score (nSPS) is 12.4. The Morgan fingerprint density at radius 3 is 2.44 bits per heavy atom. The molecule has 0 amide bonds. The molecular weight excluding hydrogens is 210 g/mol. The molecule has 6 heteroatoms. The lowest BCUT2D eigenvalue weighted by Crippen LogP contribution is -2.26. The minimum Gasteiger partial charge on any atom is -0.792 e. The van der Waals surface area contributed by atoms with Crippen molar-refractivity contribution in [2.45, 2.75) is 6.92 Å². The molecule has 0 heterocycles. The Labute approximate surface area is 92.8 Å². The molecule has 0 saturated carbocycles. The largest absolute Gasteiger partial charge is 0.792 e. The van der Waals surface area contributed by atoms with Crippen LogP contribution in [0, 0.1) is 5.21 Å². The fourth-order valence-corrected chi connectivity index (χ4v) is 1.02. The summed E-state index contributed by atoms with van der Waals surface area (Å²) in [4.78, 5) is 3.99. The molecule has 0 aromatic heterocycles. The Balaban J connectivity index is 2.95. The third-order valence-corrected chi connectivity index (χ3v) is 1.90. The topological polar surface area (TPSA) is 89.3 Å². The van der Waals surface area contributed by atoms with E-state index in [0.717, 1.165) is 0 Å². The summed E-state index contributed by atoms with van der Waals surface area (Å²) in [6.07, 6.45) is 0. The van der Waals surface area contributed by atoms with Gasteiger partial charge in [0.25, 0.3) is 0 Å². The number of hydrogen-bond acceptors (Lipinski definition) is 5. The highest BCUT2D eigenvalue weighted by molar-refractivity contribution is 6.40. The lowest BCUT2D eigenvalue weighted by Gasteiger charge is -2.06. The first-order valence-electron chi connectivity index (χ1n) is 4.51. The zero-order chi connectivity index (χ0) is 12.0. The van der Waals surface area contributed by atoms with E-state index in [0.29, 0.717) is 11.4 Å². The van der Waals surface area contributed by atoms with Crippen molar-refractivity contribution in [3.05, 3.63) is 29.5 Å². The number of rotatable bonds is 3. The monoisotopic (exact) mass is 222 g/mol. The predicted molar refractivity (Wildman–Crippen MR) is 61.5 cm³/mol. The Hall–Kier alpha value is -2.08. The first-order chi connectivity index (χ1) is 7.71. The average Bonchev–Trinajstić information content (AvgIpc) is 2.35. The molecule has 0 unspecified atom stereocenters. The van der Waals surface area contributed by atoms with E-state index in [4.69, 9.17) is 9.94 Å². The van der Waals surface area contributed by atoms with Gasteiger partial charge in [-0.3, -0.25) is 10.7 Å². The molecule has 16 heavy (non-hydrogen) atoms. The Morgan fingerprint density at radius 2 is 2.00 bits per heavy atom. The smallest absolute Gasteiger partial charge is 0.170 e. The van der Waals surface area contributed by atoms with Crippen LogP contribution in [0.4, 0.5) is 5.69 Å². The van der Waals surface area contributed by atoms with Crippen LogP contribution in [0.1, 0.15) is 6.92 Å². The minimum atomic E-state index is 0.0140. The third kappa shape index (κ3) is 2.96. The van der Waals surface area contributed by atoms with Gasteiger partial charge in [0, 0.05) is 0 Å². The van der Waals surface area contributed by atoms with Crippen molar-refractivity contribution in [3.63, 3.8) is 0 Å². The third-order valence-electron chi connectivity index (χ3n) is 1.90. The lowest BCUT2D eigenvalue weighted by molar-refractivity contribution is 0.236. The van der Waals surface area contributed by atoms with Gasteiger partial charge >= 0.3 is 0 Å². The van der Waals surface area contributed by atoms with Crippen molar-refractivity contribution < 1.29 is 9.94 Å². The summed E-state index contributed by atoms with van der Waals surface area (Å²) in [5, 5.41) is 21.7. The van der Waals surface area contributed by atoms with E-state index < -0.39 is 0 Å².